The van der Waals surface area contributed by atoms with Gasteiger partial charge in [0.15, 0.2) is 0 Å². The van der Waals surface area contributed by atoms with Crippen LogP contribution in [0.25, 0.3) is 0 Å². The molecule has 1 saturated heterocycles. The van der Waals surface area contributed by atoms with Crippen LogP contribution in [0.5, 0.6) is 0 Å². The van der Waals surface area contributed by atoms with E-state index >= 15 is 0 Å². The van der Waals surface area contributed by atoms with E-state index in [0.717, 1.165) is 6.42 Å². The molecule has 5 nitrogen and oxygen atoms in total. The predicted molar refractivity (Wildman–Crippen MR) is 96.1 cm³/mol. The van der Waals surface area contributed by atoms with E-state index in [2.05, 4.69) is 17.5 Å². The van der Waals surface area contributed by atoms with E-state index < -0.39 is 0 Å². The number of carbonyl (C=O) groups excluding carboxylic acids is 3. The summed E-state index contributed by atoms with van der Waals surface area (Å²) < 4.78 is 0. The summed E-state index contributed by atoms with van der Waals surface area (Å²) in [5.74, 6) is 0.867. The summed E-state index contributed by atoms with van der Waals surface area (Å²) in [5, 5.41) is 3.37. The van der Waals surface area contributed by atoms with Crippen molar-refractivity contribution in [2.24, 2.45) is 35.5 Å². The van der Waals surface area contributed by atoms with Crippen molar-refractivity contribution >= 4 is 35.0 Å². The van der Waals surface area contributed by atoms with Crippen molar-refractivity contribution in [3.05, 3.63) is 41.4 Å². The van der Waals surface area contributed by atoms with Crippen LogP contribution < -0.4 is 5.32 Å². The second-order valence-corrected chi connectivity index (χ2v) is 8.22. The highest BCUT2D eigenvalue weighted by molar-refractivity contribution is 6.30. The number of halogens is 1. The third-order valence-electron chi connectivity index (χ3n) is 6.44. The number of nitrogens with one attached hydrogen (secondary N) is 1. The molecule has 6 heteroatoms. The molecule has 1 aromatic rings. The molecule has 26 heavy (non-hydrogen) atoms. The number of nitrogens with zero attached hydrogens (tertiary/aromatic N) is 1. The van der Waals surface area contributed by atoms with Crippen LogP contribution in [0.2, 0.25) is 5.02 Å². The summed E-state index contributed by atoms with van der Waals surface area (Å²) >= 11 is 5.83. The van der Waals surface area contributed by atoms with Gasteiger partial charge in [0.1, 0.15) is 0 Å². The molecule has 1 aromatic carbocycles. The van der Waals surface area contributed by atoms with E-state index in [1.165, 1.54) is 4.90 Å². The second-order valence-electron chi connectivity index (χ2n) is 7.79. The number of rotatable bonds is 4. The van der Waals surface area contributed by atoms with Crippen molar-refractivity contribution < 1.29 is 14.4 Å². The Morgan fingerprint density at radius 2 is 1.62 bits per heavy atom. The number of anilines is 1. The second kappa shape index (κ2) is 5.68. The molecule has 2 saturated carbocycles. The standard InChI is InChI=1S/C20H19ClN2O3/c21-10-1-3-11(4-2-10)22-16(24)7-8-23-19(25)17-12-5-6-13(15-9-14(12)15)18(17)20(23)26/h1-6,12-15,17-18H,7-9H2,(H,22,24)/t12-,13-,14-,15-,17-,18+/m1/s1. The number of allylic oxidation sites excluding steroid dienone is 2. The van der Waals surface area contributed by atoms with Gasteiger partial charge in [0.25, 0.3) is 0 Å². The largest absolute Gasteiger partial charge is 0.326 e. The molecule has 6 rings (SSSR count). The first-order valence-corrected chi connectivity index (χ1v) is 9.51. The van der Waals surface area contributed by atoms with Gasteiger partial charge in [-0.15, -0.1) is 0 Å². The van der Waals surface area contributed by atoms with Crippen molar-refractivity contribution in [3.8, 4) is 0 Å². The van der Waals surface area contributed by atoms with Crippen LogP contribution in [-0.2, 0) is 14.4 Å². The highest BCUT2D eigenvalue weighted by Gasteiger charge is 2.66. The molecule has 4 aliphatic carbocycles. The maximum Gasteiger partial charge on any atom is 0.233 e. The van der Waals surface area contributed by atoms with Crippen LogP contribution in [0.3, 0.4) is 0 Å². The van der Waals surface area contributed by atoms with Gasteiger partial charge in [0.2, 0.25) is 17.7 Å². The Bertz CT molecular complexity index is 798. The minimum Gasteiger partial charge on any atom is -0.326 e. The fourth-order valence-corrected chi connectivity index (χ4v) is 5.34. The van der Waals surface area contributed by atoms with Gasteiger partial charge in [0.05, 0.1) is 11.8 Å². The summed E-state index contributed by atoms with van der Waals surface area (Å²) in [4.78, 5) is 39.2. The van der Waals surface area contributed by atoms with Crippen LogP contribution in [0.4, 0.5) is 5.69 Å². The average molecular weight is 371 g/mol. The summed E-state index contributed by atoms with van der Waals surface area (Å²) in [6.45, 7) is 0.152. The van der Waals surface area contributed by atoms with Crippen LogP contribution in [0.1, 0.15) is 12.8 Å². The van der Waals surface area contributed by atoms with E-state index in [-0.39, 0.29) is 54.4 Å². The quantitative estimate of drug-likeness (QED) is 0.654. The molecule has 0 spiro atoms. The number of likely N-dealkylation sites (tertiary alicyclic amines) is 1. The fourth-order valence-electron chi connectivity index (χ4n) is 5.21. The minimum absolute atomic E-state index is 0.0796. The van der Waals surface area contributed by atoms with Crippen molar-refractivity contribution in [3.63, 3.8) is 0 Å². The van der Waals surface area contributed by atoms with Crippen LogP contribution in [0.15, 0.2) is 36.4 Å². The minimum atomic E-state index is -0.216. The first kappa shape index (κ1) is 16.1. The first-order chi connectivity index (χ1) is 12.5. The molecule has 1 heterocycles. The maximum absolute atomic E-state index is 12.8. The Labute approximate surface area is 156 Å². The lowest BCUT2D eigenvalue weighted by Gasteiger charge is -2.37. The molecular weight excluding hydrogens is 352 g/mol. The Kier molecular flexibility index (Phi) is 3.51. The number of hydrogen-bond acceptors (Lipinski definition) is 3. The third-order valence-corrected chi connectivity index (χ3v) is 6.70. The number of amides is 3. The number of imide groups is 1. The monoisotopic (exact) mass is 370 g/mol. The van der Waals surface area contributed by atoms with E-state index in [1.807, 2.05) is 0 Å². The maximum atomic E-state index is 12.8. The Morgan fingerprint density at radius 3 is 2.19 bits per heavy atom. The molecule has 3 fully saturated rings. The smallest absolute Gasteiger partial charge is 0.233 e. The molecule has 6 atom stereocenters. The van der Waals surface area contributed by atoms with Gasteiger partial charge in [-0.25, -0.2) is 0 Å². The van der Waals surface area contributed by atoms with Crippen LogP contribution in [0, 0.1) is 35.5 Å². The molecule has 3 amide bonds. The van der Waals surface area contributed by atoms with Gasteiger partial charge >= 0.3 is 0 Å². The van der Waals surface area contributed by atoms with Gasteiger partial charge < -0.3 is 5.32 Å². The summed E-state index contributed by atoms with van der Waals surface area (Å²) in [7, 11) is 0. The van der Waals surface area contributed by atoms with Crippen molar-refractivity contribution in [2.45, 2.75) is 12.8 Å². The molecule has 5 aliphatic rings. The van der Waals surface area contributed by atoms with E-state index in [1.54, 1.807) is 24.3 Å². The lowest BCUT2D eigenvalue weighted by atomic mass is 9.63. The van der Waals surface area contributed by atoms with Gasteiger partial charge in [-0.1, -0.05) is 23.8 Å². The van der Waals surface area contributed by atoms with Crippen LogP contribution in [-0.4, -0.2) is 29.2 Å². The van der Waals surface area contributed by atoms with Crippen LogP contribution >= 0.6 is 11.6 Å². The summed E-state index contributed by atoms with van der Waals surface area (Å²) in [6.07, 6.45) is 5.57. The van der Waals surface area contributed by atoms with E-state index in [4.69, 9.17) is 11.6 Å². The number of benzene rings is 1. The zero-order valence-electron chi connectivity index (χ0n) is 14.1. The molecular formula is C20H19ClN2O3. The van der Waals surface area contributed by atoms with E-state index in [9.17, 15) is 14.4 Å². The van der Waals surface area contributed by atoms with Gasteiger partial charge in [0, 0.05) is 23.7 Å². The van der Waals surface area contributed by atoms with Crippen molar-refractivity contribution in [2.75, 3.05) is 11.9 Å². The third kappa shape index (κ3) is 2.33. The topological polar surface area (TPSA) is 66.5 Å². The Hall–Kier alpha value is -2.14. The number of carbonyl (C=O) groups is 3. The molecule has 134 valence electrons. The average Bonchev–Trinajstić information content (AvgIpc) is 3.41. The SMILES string of the molecule is O=C(CCN1C(=O)[C@@H]2[C@@H]3C=C[C@H]([C@H]4C[C@H]34)[C@@H]2C1=O)Nc1ccc(Cl)cc1. The molecule has 1 aliphatic heterocycles. The highest BCUT2D eigenvalue weighted by atomic mass is 35.5. The summed E-state index contributed by atoms with van der Waals surface area (Å²) in [6, 6.07) is 6.83. The predicted octanol–water partition coefficient (Wildman–Crippen LogP) is 2.72. The van der Waals surface area contributed by atoms with Crippen molar-refractivity contribution in [1.82, 2.24) is 4.90 Å². The Morgan fingerprint density at radius 1 is 1.04 bits per heavy atom. The zero-order chi connectivity index (χ0) is 18.0. The highest BCUT2D eigenvalue weighted by Crippen LogP contribution is 2.65. The van der Waals surface area contributed by atoms with E-state index in [0.29, 0.717) is 22.5 Å². The molecule has 1 N–H and O–H groups in total. The zero-order valence-corrected chi connectivity index (χ0v) is 14.9. The number of hydrogen-bond donors (Lipinski definition) is 1. The normalized spacial score (nSPS) is 36.1. The van der Waals surface area contributed by atoms with Gasteiger partial charge in [-0.05, 0) is 54.4 Å². The van der Waals surface area contributed by atoms with Crippen molar-refractivity contribution in [1.29, 1.82) is 0 Å². The molecule has 2 bridgehead atoms. The lowest BCUT2D eigenvalue weighted by molar-refractivity contribution is -0.140. The first-order valence-electron chi connectivity index (χ1n) is 9.13. The van der Waals surface area contributed by atoms with Gasteiger partial charge in [-0.2, -0.15) is 0 Å². The fraction of sp³-hybridized carbons (Fsp3) is 0.450. The molecule has 0 radical (unpaired) electrons. The lowest BCUT2D eigenvalue weighted by Crippen LogP contribution is -2.40. The molecule has 0 unspecified atom stereocenters. The molecule has 0 aromatic heterocycles. The Balaban J connectivity index is 1.24. The van der Waals surface area contributed by atoms with Gasteiger partial charge in [-0.3, -0.25) is 19.3 Å². The summed E-state index contributed by atoms with van der Waals surface area (Å²) in [5.41, 5.74) is 0.648.